The van der Waals surface area contributed by atoms with E-state index in [2.05, 4.69) is 25.8 Å². The molecule has 0 aliphatic heterocycles. The van der Waals surface area contributed by atoms with Crippen LogP contribution in [0.15, 0.2) is 84.2 Å². The average Bonchev–Trinajstić information content (AvgIpc) is 3.49. The van der Waals surface area contributed by atoms with E-state index in [4.69, 9.17) is 22.1 Å². The van der Waals surface area contributed by atoms with Crippen LogP contribution in [0.5, 0.6) is 5.75 Å². The van der Waals surface area contributed by atoms with E-state index >= 15 is 0 Å². The summed E-state index contributed by atoms with van der Waals surface area (Å²) < 4.78 is 21.9. The van der Waals surface area contributed by atoms with Gasteiger partial charge < -0.3 is 15.8 Å². The quantitative estimate of drug-likeness (QED) is 0.292. The molecule has 202 valence electrons. The van der Waals surface area contributed by atoms with E-state index in [-0.39, 0.29) is 17.9 Å². The van der Waals surface area contributed by atoms with Crippen LogP contribution >= 0.6 is 11.6 Å². The smallest absolute Gasteiger partial charge is 0.252 e. The number of amides is 1. The fourth-order valence-electron chi connectivity index (χ4n) is 4.25. The Morgan fingerprint density at radius 3 is 2.65 bits per heavy atom. The largest absolute Gasteiger partial charge is 0.495 e. The van der Waals surface area contributed by atoms with E-state index < -0.39 is 23.3 Å². The molecule has 0 saturated carbocycles. The Morgan fingerprint density at radius 2 is 1.95 bits per heavy atom. The fraction of sp³-hybridized carbons (Fsp3) is 0.111. The van der Waals surface area contributed by atoms with Crippen molar-refractivity contribution in [3.8, 4) is 22.6 Å². The number of pyridine rings is 2. The topological polar surface area (TPSA) is 143 Å². The fourth-order valence-corrected chi connectivity index (χ4v) is 4.43. The van der Waals surface area contributed by atoms with Crippen molar-refractivity contribution in [2.24, 2.45) is 0 Å². The van der Waals surface area contributed by atoms with Gasteiger partial charge in [0.25, 0.3) is 5.56 Å². The van der Waals surface area contributed by atoms with Gasteiger partial charge in [0.2, 0.25) is 5.91 Å². The van der Waals surface area contributed by atoms with Crippen molar-refractivity contribution in [1.29, 1.82) is 0 Å². The Bertz CT molecular complexity index is 1730. The van der Waals surface area contributed by atoms with Gasteiger partial charge in [-0.1, -0.05) is 41.9 Å². The van der Waals surface area contributed by atoms with E-state index in [0.717, 1.165) is 17.8 Å². The Balaban J connectivity index is 1.61. The maximum atomic E-state index is 13.6. The molecule has 5 rings (SSSR count). The van der Waals surface area contributed by atoms with Gasteiger partial charge in [0.15, 0.2) is 5.82 Å². The van der Waals surface area contributed by atoms with Crippen LogP contribution < -0.4 is 21.3 Å². The minimum absolute atomic E-state index is 0.0221. The minimum atomic E-state index is -1.04. The third-order valence-electron chi connectivity index (χ3n) is 6.14. The van der Waals surface area contributed by atoms with Gasteiger partial charge in [-0.25, -0.2) is 9.37 Å². The van der Waals surface area contributed by atoms with Crippen LogP contribution in [0, 0.1) is 5.82 Å². The number of aromatic nitrogens is 6. The molecule has 1 amide bonds. The molecular formula is C27H22ClFN8O3. The van der Waals surface area contributed by atoms with Gasteiger partial charge in [-0.3, -0.25) is 14.2 Å². The number of carbonyl (C=O) groups is 1. The minimum Gasteiger partial charge on any atom is -0.495 e. The van der Waals surface area contributed by atoms with Crippen LogP contribution in [0.4, 0.5) is 15.9 Å². The predicted molar refractivity (Wildman–Crippen MR) is 147 cm³/mol. The molecule has 1 unspecified atom stereocenters. The van der Waals surface area contributed by atoms with Crippen LogP contribution in [-0.2, 0) is 11.2 Å². The van der Waals surface area contributed by atoms with Crippen LogP contribution in [0.2, 0.25) is 5.02 Å². The van der Waals surface area contributed by atoms with E-state index in [9.17, 15) is 14.0 Å². The Labute approximate surface area is 232 Å². The number of nitrogens with zero attached hydrogens (tertiary/aromatic N) is 6. The first-order valence-electron chi connectivity index (χ1n) is 11.9. The molecule has 2 aromatic carbocycles. The number of nitrogen functional groups attached to an aromatic ring is 1. The number of rotatable bonds is 8. The van der Waals surface area contributed by atoms with Crippen LogP contribution in [0.25, 0.3) is 16.8 Å². The number of nitrogens with two attached hydrogens (primary N) is 1. The summed E-state index contributed by atoms with van der Waals surface area (Å²) in [6.45, 7) is 0. The Hall–Kier alpha value is -5.10. The summed E-state index contributed by atoms with van der Waals surface area (Å²) in [6, 6.07) is 15.6. The predicted octanol–water partition coefficient (Wildman–Crippen LogP) is 3.69. The number of hydrogen-bond donors (Lipinski definition) is 2. The molecule has 0 fully saturated rings. The summed E-state index contributed by atoms with van der Waals surface area (Å²) in [5, 5.41) is 14.3. The lowest BCUT2D eigenvalue weighted by atomic mass is 10.0. The van der Waals surface area contributed by atoms with Gasteiger partial charge >= 0.3 is 0 Å². The van der Waals surface area contributed by atoms with Crippen LogP contribution in [-0.4, -0.2) is 42.8 Å². The monoisotopic (exact) mass is 560 g/mol. The second kappa shape index (κ2) is 11.3. The number of carbonyl (C=O) groups excluding carboxylic acids is 1. The molecule has 3 heterocycles. The lowest BCUT2D eigenvalue weighted by Gasteiger charge is -2.22. The van der Waals surface area contributed by atoms with Crippen molar-refractivity contribution >= 4 is 29.0 Å². The maximum Gasteiger partial charge on any atom is 0.252 e. The number of ether oxygens (including phenoxy) is 1. The Morgan fingerprint density at radius 1 is 1.15 bits per heavy atom. The highest BCUT2D eigenvalue weighted by molar-refractivity contribution is 6.31. The first-order chi connectivity index (χ1) is 19.3. The highest BCUT2D eigenvalue weighted by Gasteiger charge is 2.26. The molecule has 40 heavy (non-hydrogen) atoms. The van der Waals surface area contributed by atoms with Gasteiger partial charge in [0.1, 0.15) is 23.9 Å². The molecule has 13 heteroatoms. The summed E-state index contributed by atoms with van der Waals surface area (Å²) in [6.07, 6.45) is 3.96. The van der Waals surface area contributed by atoms with Gasteiger partial charge in [-0.15, -0.1) is 5.10 Å². The highest BCUT2D eigenvalue weighted by atomic mass is 35.5. The third-order valence-corrected chi connectivity index (χ3v) is 6.38. The van der Waals surface area contributed by atoms with Crippen LogP contribution in [0.1, 0.15) is 11.6 Å². The molecule has 3 N–H and O–H groups in total. The molecule has 5 aromatic rings. The second-order valence-corrected chi connectivity index (χ2v) is 9.14. The maximum absolute atomic E-state index is 13.6. The third kappa shape index (κ3) is 5.52. The molecule has 0 aliphatic carbocycles. The summed E-state index contributed by atoms with van der Waals surface area (Å²) in [7, 11) is 1.45. The van der Waals surface area contributed by atoms with E-state index in [1.54, 1.807) is 18.2 Å². The molecule has 1 atom stereocenters. The molecule has 0 spiro atoms. The van der Waals surface area contributed by atoms with E-state index in [1.165, 1.54) is 34.9 Å². The first-order valence-corrected chi connectivity index (χ1v) is 12.3. The normalized spacial score (nSPS) is 11.7. The number of anilines is 2. The molecule has 0 aliphatic rings. The highest BCUT2D eigenvalue weighted by Crippen LogP contribution is 2.35. The van der Waals surface area contributed by atoms with Gasteiger partial charge in [0, 0.05) is 34.7 Å². The van der Waals surface area contributed by atoms with Gasteiger partial charge in [0.05, 0.1) is 30.9 Å². The molecular weight excluding hydrogens is 539 g/mol. The lowest BCUT2D eigenvalue weighted by molar-refractivity contribution is -0.119. The van der Waals surface area contributed by atoms with Crippen molar-refractivity contribution in [3.05, 3.63) is 106 Å². The number of benzene rings is 2. The molecule has 3 aromatic heterocycles. The number of tetrazole rings is 1. The molecule has 0 saturated heterocycles. The molecule has 0 radical (unpaired) electrons. The van der Waals surface area contributed by atoms with Crippen molar-refractivity contribution in [3.63, 3.8) is 0 Å². The summed E-state index contributed by atoms with van der Waals surface area (Å²) in [5.41, 5.74) is 7.62. The standard InChI is InChI=1S/C27H22ClFN8O3/c1-40-24-14-36(25(38)12-20(24)19-10-17(28)7-8-22(19)37-15-32-34-35-37)23(9-16-5-3-2-4-6-16)27(39)33-26-21(30)11-18(29)13-31-26/h2-8,10-15,23H,9,30H2,1H3,(H,31,33,39). The average molecular weight is 561 g/mol. The summed E-state index contributed by atoms with van der Waals surface area (Å²) in [5.74, 6) is -0.953. The summed E-state index contributed by atoms with van der Waals surface area (Å²) >= 11 is 6.30. The number of methoxy groups -OCH3 is 1. The van der Waals surface area contributed by atoms with E-state index in [0.29, 0.717) is 27.6 Å². The zero-order valence-electron chi connectivity index (χ0n) is 21.0. The van der Waals surface area contributed by atoms with Gasteiger partial charge in [-0.05, 0) is 34.2 Å². The van der Waals surface area contributed by atoms with E-state index in [1.807, 2.05) is 30.3 Å². The SMILES string of the molecule is COc1cn(C(Cc2ccccc2)C(=O)Nc2ncc(F)cc2N)c(=O)cc1-c1cc(Cl)ccc1-n1cnnn1. The Kier molecular flexibility index (Phi) is 7.51. The van der Waals surface area contributed by atoms with Gasteiger partial charge in [-0.2, -0.15) is 4.68 Å². The second-order valence-electron chi connectivity index (χ2n) is 8.70. The zero-order valence-corrected chi connectivity index (χ0v) is 21.8. The molecule has 0 bridgehead atoms. The lowest BCUT2D eigenvalue weighted by Crippen LogP contribution is -2.35. The number of nitrogens with one attached hydrogen (secondary N) is 1. The van der Waals surface area contributed by atoms with Crippen molar-refractivity contribution in [2.45, 2.75) is 12.5 Å². The van der Waals surface area contributed by atoms with Crippen molar-refractivity contribution in [2.75, 3.05) is 18.2 Å². The number of halogens is 2. The molecule has 11 nitrogen and oxygen atoms in total. The number of hydrogen-bond acceptors (Lipinski definition) is 8. The van der Waals surface area contributed by atoms with Crippen molar-refractivity contribution in [1.82, 2.24) is 29.8 Å². The van der Waals surface area contributed by atoms with Crippen LogP contribution in [0.3, 0.4) is 0 Å². The zero-order chi connectivity index (χ0) is 28.2. The first kappa shape index (κ1) is 26.5. The summed E-state index contributed by atoms with van der Waals surface area (Å²) in [4.78, 5) is 31.1. The van der Waals surface area contributed by atoms with Crippen molar-refractivity contribution < 1.29 is 13.9 Å².